The van der Waals surface area contributed by atoms with Crippen molar-refractivity contribution in [3.05, 3.63) is 39.9 Å². The molecular weight excluding hydrogens is 270 g/mol. The summed E-state index contributed by atoms with van der Waals surface area (Å²) in [5.74, 6) is 0. The molecule has 1 aliphatic heterocycles. The summed E-state index contributed by atoms with van der Waals surface area (Å²) in [6.07, 6.45) is 2.45. The van der Waals surface area contributed by atoms with Crippen molar-refractivity contribution < 1.29 is 9.66 Å². The third kappa shape index (κ3) is 5.08. The van der Waals surface area contributed by atoms with Crippen molar-refractivity contribution in [3.8, 4) is 0 Å². The van der Waals surface area contributed by atoms with Crippen LogP contribution in [0.1, 0.15) is 18.4 Å². The topological polar surface area (TPSA) is 67.6 Å². The molecule has 21 heavy (non-hydrogen) atoms. The number of ether oxygens (including phenoxy) is 1. The summed E-state index contributed by atoms with van der Waals surface area (Å²) in [5.41, 5.74) is 1.23. The van der Waals surface area contributed by atoms with Crippen molar-refractivity contribution in [1.82, 2.24) is 10.2 Å². The van der Waals surface area contributed by atoms with E-state index in [1.165, 1.54) is 12.8 Å². The maximum atomic E-state index is 10.7. The molecule has 0 amide bonds. The predicted octanol–water partition coefficient (Wildman–Crippen LogP) is 1.80. The van der Waals surface area contributed by atoms with E-state index in [1.54, 1.807) is 19.2 Å². The third-order valence-corrected chi connectivity index (χ3v) is 3.81. The maximum absolute atomic E-state index is 10.7. The van der Waals surface area contributed by atoms with Crippen LogP contribution in [-0.2, 0) is 11.3 Å². The summed E-state index contributed by atoms with van der Waals surface area (Å²) in [6.45, 7) is 4.44. The first kappa shape index (κ1) is 15.9. The summed E-state index contributed by atoms with van der Waals surface area (Å²) in [7, 11) is 1.71. The zero-order valence-electron chi connectivity index (χ0n) is 12.5. The van der Waals surface area contributed by atoms with Gasteiger partial charge in [-0.3, -0.25) is 15.0 Å². The Morgan fingerprint density at radius 1 is 1.43 bits per heavy atom. The molecule has 1 fully saturated rings. The van der Waals surface area contributed by atoms with Gasteiger partial charge >= 0.3 is 0 Å². The van der Waals surface area contributed by atoms with Crippen LogP contribution in [0.15, 0.2) is 24.3 Å². The second-order valence-electron chi connectivity index (χ2n) is 5.44. The first-order chi connectivity index (χ1) is 10.2. The van der Waals surface area contributed by atoms with E-state index < -0.39 is 0 Å². The molecule has 1 N–H and O–H groups in total. The average molecular weight is 293 g/mol. The minimum Gasteiger partial charge on any atom is -0.383 e. The lowest BCUT2D eigenvalue weighted by Gasteiger charge is -2.25. The van der Waals surface area contributed by atoms with E-state index in [1.807, 2.05) is 12.1 Å². The SMILES string of the molecule is COCCN(Cc1ccc([N+](=O)[O-])cc1)CC1CCCN1. The lowest BCUT2D eigenvalue weighted by atomic mass is 10.1. The van der Waals surface area contributed by atoms with Crippen LogP contribution in [0.2, 0.25) is 0 Å². The molecule has 2 rings (SSSR count). The zero-order valence-corrected chi connectivity index (χ0v) is 12.5. The van der Waals surface area contributed by atoms with Gasteiger partial charge in [-0.2, -0.15) is 0 Å². The first-order valence-corrected chi connectivity index (χ1v) is 7.37. The summed E-state index contributed by atoms with van der Waals surface area (Å²) in [5, 5.41) is 14.2. The van der Waals surface area contributed by atoms with Crippen LogP contribution < -0.4 is 5.32 Å². The molecule has 0 bridgehead atoms. The lowest BCUT2D eigenvalue weighted by molar-refractivity contribution is -0.384. The van der Waals surface area contributed by atoms with Crippen LogP contribution in [0.3, 0.4) is 0 Å². The molecule has 1 heterocycles. The van der Waals surface area contributed by atoms with Crippen molar-refractivity contribution >= 4 is 5.69 Å². The van der Waals surface area contributed by atoms with E-state index in [9.17, 15) is 10.1 Å². The predicted molar refractivity (Wildman–Crippen MR) is 81.3 cm³/mol. The van der Waals surface area contributed by atoms with Crippen molar-refractivity contribution in [1.29, 1.82) is 0 Å². The largest absolute Gasteiger partial charge is 0.383 e. The number of benzene rings is 1. The van der Waals surface area contributed by atoms with Crippen LogP contribution in [-0.4, -0.2) is 49.2 Å². The molecule has 1 unspecified atom stereocenters. The third-order valence-electron chi connectivity index (χ3n) is 3.81. The number of methoxy groups -OCH3 is 1. The second-order valence-corrected chi connectivity index (χ2v) is 5.44. The number of nitro benzene ring substituents is 1. The number of non-ortho nitro benzene ring substituents is 1. The Bertz CT molecular complexity index is 444. The molecule has 6 nitrogen and oxygen atoms in total. The van der Waals surface area contributed by atoms with Crippen LogP contribution in [0.25, 0.3) is 0 Å². The Balaban J connectivity index is 1.94. The molecule has 0 radical (unpaired) electrons. The van der Waals surface area contributed by atoms with Gasteiger partial charge in [-0.1, -0.05) is 12.1 Å². The highest BCUT2D eigenvalue weighted by molar-refractivity contribution is 5.32. The highest BCUT2D eigenvalue weighted by Crippen LogP contribution is 2.15. The Labute approximate surface area is 125 Å². The molecule has 1 atom stereocenters. The molecule has 0 saturated carbocycles. The van der Waals surface area contributed by atoms with E-state index in [-0.39, 0.29) is 10.6 Å². The van der Waals surface area contributed by atoms with Crippen LogP contribution in [0, 0.1) is 10.1 Å². The number of nitro groups is 1. The molecule has 1 aromatic carbocycles. The number of rotatable bonds is 8. The van der Waals surface area contributed by atoms with E-state index in [4.69, 9.17) is 4.74 Å². The van der Waals surface area contributed by atoms with Gasteiger partial charge in [-0.15, -0.1) is 0 Å². The molecule has 0 aromatic heterocycles. The second kappa shape index (κ2) is 8.07. The standard InChI is InChI=1S/C15H23N3O3/c1-21-10-9-17(12-14-3-2-8-16-14)11-13-4-6-15(7-5-13)18(19)20/h4-7,14,16H,2-3,8-12H2,1H3. The molecule has 1 saturated heterocycles. The number of hydrogen-bond donors (Lipinski definition) is 1. The monoisotopic (exact) mass is 293 g/mol. The minimum absolute atomic E-state index is 0.139. The Hall–Kier alpha value is -1.50. The fourth-order valence-corrected chi connectivity index (χ4v) is 2.66. The van der Waals surface area contributed by atoms with Crippen molar-refractivity contribution in [2.75, 3.05) is 33.4 Å². The highest BCUT2D eigenvalue weighted by atomic mass is 16.6. The fraction of sp³-hybridized carbons (Fsp3) is 0.600. The van der Waals surface area contributed by atoms with Gasteiger partial charge < -0.3 is 10.1 Å². The van der Waals surface area contributed by atoms with Crippen LogP contribution in [0.5, 0.6) is 0 Å². The van der Waals surface area contributed by atoms with Crippen LogP contribution in [0.4, 0.5) is 5.69 Å². The summed E-state index contributed by atoms with van der Waals surface area (Å²) < 4.78 is 5.17. The molecule has 0 aliphatic carbocycles. The average Bonchev–Trinajstić information content (AvgIpc) is 2.98. The molecule has 1 aliphatic rings. The van der Waals surface area contributed by atoms with Gasteiger partial charge in [0.25, 0.3) is 5.69 Å². The van der Waals surface area contributed by atoms with E-state index >= 15 is 0 Å². The lowest BCUT2D eigenvalue weighted by Crippen LogP contribution is -2.38. The smallest absolute Gasteiger partial charge is 0.269 e. The Morgan fingerprint density at radius 3 is 2.76 bits per heavy atom. The summed E-state index contributed by atoms with van der Waals surface area (Å²) in [4.78, 5) is 12.7. The zero-order chi connectivity index (χ0) is 15.1. The maximum Gasteiger partial charge on any atom is 0.269 e. The van der Waals surface area contributed by atoms with Crippen molar-refractivity contribution in [3.63, 3.8) is 0 Å². The van der Waals surface area contributed by atoms with Crippen molar-refractivity contribution in [2.45, 2.75) is 25.4 Å². The van der Waals surface area contributed by atoms with Gasteiger partial charge in [0.05, 0.1) is 11.5 Å². The molecule has 1 aromatic rings. The van der Waals surface area contributed by atoms with Gasteiger partial charge in [0.2, 0.25) is 0 Å². The summed E-state index contributed by atoms with van der Waals surface area (Å²) in [6, 6.07) is 7.34. The number of hydrogen-bond acceptors (Lipinski definition) is 5. The Morgan fingerprint density at radius 2 is 2.19 bits per heavy atom. The van der Waals surface area contributed by atoms with Gasteiger partial charge in [-0.25, -0.2) is 0 Å². The fourth-order valence-electron chi connectivity index (χ4n) is 2.66. The van der Waals surface area contributed by atoms with Gasteiger partial charge in [0.15, 0.2) is 0 Å². The van der Waals surface area contributed by atoms with Gasteiger partial charge in [-0.05, 0) is 24.9 Å². The minimum atomic E-state index is -0.366. The molecule has 0 spiro atoms. The summed E-state index contributed by atoms with van der Waals surface area (Å²) >= 11 is 0. The van der Waals surface area contributed by atoms with Gasteiger partial charge in [0, 0.05) is 44.9 Å². The first-order valence-electron chi connectivity index (χ1n) is 7.37. The molecular formula is C15H23N3O3. The molecule has 6 heteroatoms. The number of nitrogens with zero attached hydrogens (tertiary/aromatic N) is 2. The highest BCUT2D eigenvalue weighted by Gasteiger charge is 2.18. The van der Waals surface area contributed by atoms with E-state index in [2.05, 4.69) is 10.2 Å². The van der Waals surface area contributed by atoms with E-state index in [0.29, 0.717) is 12.6 Å². The Kier molecular flexibility index (Phi) is 6.10. The van der Waals surface area contributed by atoms with Crippen molar-refractivity contribution in [2.24, 2.45) is 0 Å². The van der Waals surface area contributed by atoms with Gasteiger partial charge in [0.1, 0.15) is 0 Å². The quantitative estimate of drug-likeness (QED) is 0.584. The number of nitrogens with one attached hydrogen (secondary N) is 1. The normalized spacial score (nSPS) is 18.3. The van der Waals surface area contributed by atoms with E-state index in [0.717, 1.165) is 31.7 Å². The molecule has 116 valence electrons. The van der Waals surface area contributed by atoms with Crippen LogP contribution >= 0.6 is 0 Å².